The fraction of sp³-hybridized carbons (Fsp3) is 0.611. The molecular formula is C18H28Pd. The van der Waals surface area contributed by atoms with Crippen molar-refractivity contribution < 1.29 is 20.4 Å². The Morgan fingerprint density at radius 2 is 1.21 bits per heavy atom. The molecule has 0 unspecified atom stereocenters. The Hall–Kier alpha value is -0.118. The molecule has 19 heavy (non-hydrogen) atoms. The van der Waals surface area contributed by atoms with Gasteiger partial charge in [0.15, 0.2) is 0 Å². The van der Waals surface area contributed by atoms with Crippen LogP contribution in [0.5, 0.6) is 0 Å². The fourth-order valence-corrected chi connectivity index (χ4v) is 1.77. The molecule has 0 saturated carbocycles. The summed E-state index contributed by atoms with van der Waals surface area (Å²) in [5.41, 5.74) is 4.05. The van der Waals surface area contributed by atoms with Crippen LogP contribution in [0.25, 0.3) is 0 Å². The molecule has 1 heteroatoms. The van der Waals surface area contributed by atoms with Gasteiger partial charge < -0.3 is 6.92 Å². The average molecular weight is 351 g/mol. The molecule has 1 rings (SSSR count). The number of benzene rings is 1. The van der Waals surface area contributed by atoms with E-state index in [-0.39, 0.29) is 36.7 Å². The maximum absolute atomic E-state index is 4.26. The van der Waals surface area contributed by atoms with Crippen LogP contribution in [-0.4, -0.2) is 0 Å². The Balaban J connectivity index is 0.00000324. The molecule has 1 aromatic carbocycles. The molecular weight excluding hydrogens is 323 g/mol. The molecule has 0 aliphatic heterocycles. The third-order valence-corrected chi connectivity index (χ3v) is 3.27. The van der Waals surface area contributed by atoms with Crippen molar-refractivity contribution in [3.8, 4) is 0 Å². The van der Waals surface area contributed by atoms with Crippen molar-refractivity contribution in [2.45, 2.75) is 71.6 Å². The normalized spacial score (nSPS) is 13.1. The second-order valence-corrected chi connectivity index (χ2v) is 8.08. The summed E-state index contributed by atoms with van der Waals surface area (Å²) in [4.78, 5) is 0. The summed E-state index contributed by atoms with van der Waals surface area (Å²) in [6.07, 6.45) is 0. The van der Waals surface area contributed by atoms with Gasteiger partial charge in [-0.15, -0.1) is 0 Å². The molecule has 0 fully saturated rings. The van der Waals surface area contributed by atoms with Crippen LogP contribution < -0.4 is 0 Å². The van der Waals surface area contributed by atoms with Crippen molar-refractivity contribution in [1.29, 1.82) is 0 Å². The average Bonchev–Trinajstić information content (AvgIpc) is 2.13. The van der Waals surface area contributed by atoms with Gasteiger partial charge in [0.1, 0.15) is 0 Å². The quantitative estimate of drug-likeness (QED) is 0.483. The van der Waals surface area contributed by atoms with Crippen molar-refractivity contribution in [3.05, 3.63) is 41.8 Å². The van der Waals surface area contributed by atoms with E-state index in [1.165, 1.54) is 16.7 Å². The van der Waals surface area contributed by atoms with Gasteiger partial charge in [-0.2, -0.15) is 40.3 Å². The first kappa shape index (κ1) is 18.9. The smallest absolute Gasteiger partial charge is 0.335 e. The monoisotopic (exact) mass is 350 g/mol. The van der Waals surface area contributed by atoms with E-state index in [1.807, 2.05) is 0 Å². The van der Waals surface area contributed by atoms with E-state index in [0.717, 1.165) is 0 Å². The summed E-state index contributed by atoms with van der Waals surface area (Å²) < 4.78 is 0. The molecule has 0 aliphatic carbocycles. The van der Waals surface area contributed by atoms with Crippen LogP contribution in [0.3, 0.4) is 0 Å². The van der Waals surface area contributed by atoms with Crippen LogP contribution in [0.4, 0.5) is 0 Å². The molecule has 1 aromatic rings. The van der Waals surface area contributed by atoms with E-state index >= 15 is 0 Å². The minimum atomic E-state index is -0.0960. The number of hydrogen-bond acceptors (Lipinski definition) is 0. The van der Waals surface area contributed by atoms with Gasteiger partial charge in [-0.25, -0.2) is 0 Å². The molecule has 0 spiro atoms. The summed E-state index contributed by atoms with van der Waals surface area (Å²) in [6.45, 7) is 22.1. The summed E-state index contributed by atoms with van der Waals surface area (Å²) in [5.74, 6) is 0. The fourth-order valence-electron chi connectivity index (χ4n) is 1.77. The molecule has 0 radical (unpaired) electrons. The van der Waals surface area contributed by atoms with Crippen LogP contribution in [0, 0.1) is 13.0 Å². The van der Waals surface area contributed by atoms with Crippen molar-refractivity contribution in [2.24, 2.45) is 0 Å². The Morgan fingerprint density at radius 1 is 0.789 bits per heavy atom. The van der Waals surface area contributed by atoms with Crippen LogP contribution in [-0.2, 0) is 36.7 Å². The van der Waals surface area contributed by atoms with Crippen LogP contribution in [0.2, 0.25) is 0 Å². The maximum Gasteiger partial charge on any atom is 2.00 e. The van der Waals surface area contributed by atoms with Gasteiger partial charge in [0.2, 0.25) is 0 Å². The van der Waals surface area contributed by atoms with E-state index in [9.17, 15) is 0 Å². The molecule has 0 amide bonds. The SMILES string of the molecule is [CH2-]C(C)(C)c1[c-]c(C(C)(C)C)cc(C(C)(C)C)c1.[Pd+2]. The van der Waals surface area contributed by atoms with Crippen LogP contribution >= 0.6 is 0 Å². The Labute approximate surface area is 134 Å². The van der Waals surface area contributed by atoms with Gasteiger partial charge in [0.25, 0.3) is 0 Å². The van der Waals surface area contributed by atoms with E-state index in [2.05, 4.69) is 80.5 Å². The van der Waals surface area contributed by atoms with Gasteiger partial charge in [0.05, 0.1) is 0 Å². The Morgan fingerprint density at radius 3 is 1.53 bits per heavy atom. The van der Waals surface area contributed by atoms with Crippen molar-refractivity contribution in [3.63, 3.8) is 0 Å². The molecule has 0 nitrogen and oxygen atoms in total. The summed E-state index contributed by atoms with van der Waals surface area (Å²) in [5, 5.41) is 0. The minimum Gasteiger partial charge on any atom is -0.335 e. The van der Waals surface area contributed by atoms with Crippen molar-refractivity contribution >= 4 is 0 Å². The van der Waals surface area contributed by atoms with Crippen LogP contribution in [0.1, 0.15) is 72.1 Å². The van der Waals surface area contributed by atoms with E-state index < -0.39 is 0 Å². The van der Waals surface area contributed by atoms with Gasteiger partial charge in [-0.1, -0.05) is 55.4 Å². The predicted octanol–water partition coefficient (Wildman–Crippen LogP) is 5.19. The number of hydrogen-bond donors (Lipinski definition) is 0. The molecule has 0 aliphatic rings. The molecule has 0 atom stereocenters. The van der Waals surface area contributed by atoms with Gasteiger partial charge in [0, 0.05) is 0 Å². The summed E-state index contributed by atoms with van der Waals surface area (Å²) in [7, 11) is 0. The standard InChI is InChI=1S/C18H28.Pd/c1-16(2,3)13-10-14(17(4,5)6)12-15(11-13)18(7,8)9;/h10,12H,1H2,2-9H3;/q-2;+2. The van der Waals surface area contributed by atoms with Gasteiger partial charge in [-0.05, 0) is 10.8 Å². The third kappa shape index (κ3) is 5.05. The van der Waals surface area contributed by atoms with E-state index in [4.69, 9.17) is 0 Å². The second kappa shape index (κ2) is 5.71. The third-order valence-electron chi connectivity index (χ3n) is 3.27. The first-order valence-corrected chi connectivity index (χ1v) is 6.76. The Bertz CT molecular complexity index is 343. The van der Waals surface area contributed by atoms with Crippen molar-refractivity contribution in [1.82, 2.24) is 0 Å². The van der Waals surface area contributed by atoms with Crippen LogP contribution in [0.15, 0.2) is 12.1 Å². The first-order chi connectivity index (χ1) is 7.82. The Kier molecular flexibility index (Phi) is 5.67. The molecule has 0 aromatic heterocycles. The minimum absolute atomic E-state index is 0. The zero-order valence-electron chi connectivity index (χ0n) is 13.7. The van der Waals surface area contributed by atoms with Crippen molar-refractivity contribution in [2.75, 3.05) is 0 Å². The summed E-state index contributed by atoms with van der Waals surface area (Å²) >= 11 is 0. The second-order valence-electron chi connectivity index (χ2n) is 8.08. The molecule has 0 bridgehead atoms. The molecule has 0 saturated heterocycles. The van der Waals surface area contributed by atoms with E-state index in [0.29, 0.717) is 0 Å². The predicted molar refractivity (Wildman–Crippen MR) is 81.1 cm³/mol. The van der Waals surface area contributed by atoms with Gasteiger partial charge in [-0.3, -0.25) is 0 Å². The molecule has 0 N–H and O–H groups in total. The summed E-state index contributed by atoms with van der Waals surface area (Å²) in [6, 6.07) is 8.14. The van der Waals surface area contributed by atoms with E-state index in [1.54, 1.807) is 0 Å². The zero-order valence-corrected chi connectivity index (χ0v) is 15.2. The zero-order chi connectivity index (χ0) is 14.4. The largest absolute Gasteiger partial charge is 2.00 e. The molecule has 0 heterocycles. The molecule has 110 valence electrons. The topological polar surface area (TPSA) is 0 Å². The first-order valence-electron chi connectivity index (χ1n) is 6.76. The number of rotatable bonds is 1. The maximum atomic E-state index is 4.26. The van der Waals surface area contributed by atoms with Gasteiger partial charge >= 0.3 is 20.4 Å².